The zero-order valence-electron chi connectivity index (χ0n) is 15.3. The van der Waals surface area contributed by atoms with E-state index >= 15 is 0 Å². The maximum Gasteiger partial charge on any atom is 0.335 e. The van der Waals surface area contributed by atoms with E-state index in [1.54, 1.807) is 24.3 Å². The Morgan fingerprint density at radius 1 is 0.786 bits per heavy atom. The Morgan fingerprint density at radius 3 is 1.96 bits per heavy atom. The molecule has 0 bridgehead atoms. The molecule has 4 nitrogen and oxygen atoms in total. The van der Waals surface area contributed by atoms with Crippen molar-refractivity contribution in [3.8, 4) is 0 Å². The number of rotatable bonds is 1. The molecule has 0 atom stereocenters. The largest absolute Gasteiger partial charge is 0.478 e. The van der Waals surface area contributed by atoms with E-state index in [1.165, 1.54) is 6.33 Å². The molecule has 4 heteroatoms. The molecule has 1 aromatic heterocycles. The average molecular weight is 368 g/mol. The molecule has 0 aliphatic heterocycles. The van der Waals surface area contributed by atoms with Gasteiger partial charge in [0.2, 0.25) is 0 Å². The van der Waals surface area contributed by atoms with Gasteiger partial charge in [0.1, 0.15) is 6.33 Å². The summed E-state index contributed by atoms with van der Waals surface area (Å²) in [7, 11) is 0. The van der Waals surface area contributed by atoms with Crippen LogP contribution in [0.3, 0.4) is 0 Å². The molecule has 0 amide bonds. The van der Waals surface area contributed by atoms with Crippen molar-refractivity contribution in [2.24, 2.45) is 0 Å². The number of allylic oxidation sites excluding steroid dienone is 15. The van der Waals surface area contributed by atoms with Gasteiger partial charge in [-0.15, -0.1) is 0 Å². The molecule has 138 valence electrons. The first-order chi connectivity index (χ1) is 13.8. The molecule has 0 spiro atoms. The van der Waals surface area contributed by atoms with Gasteiger partial charge in [0.05, 0.1) is 17.0 Å². The highest BCUT2D eigenvalue weighted by molar-refractivity contribution is 5.96. The van der Waals surface area contributed by atoms with Gasteiger partial charge in [-0.05, 0) is 17.7 Å². The lowest BCUT2D eigenvalue weighted by Gasteiger charge is -2.06. The molecule has 3 rings (SSSR count). The second kappa shape index (κ2) is 9.78. The van der Waals surface area contributed by atoms with Crippen molar-refractivity contribution in [3.63, 3.8) is 0 Å². The lowest BCUT2D eigenvalue weighted by molar-refractivity contribution is -0.132. The van der Waals surface area contributed by atoms with Gasteiger partial charge in [-0.3, -0.25) is 0 Å². The van der Waals surface area contributed by atoms with Gasteiger partial charge >= 0.3 is 5.97 Å². The van der Waals surface area contributed by atoms with E-state index in [-0.39, 0.29) is 5.57 Å². The predicted octanol–water partition coefficient (Wildman–Crippen LogP) is 4.79. The number of aromatic nitrogens is 2. The van der Waals surface area contributed by atoms with E-state index in [2.05, 4.69) is 16.0 Å². The molecule has 0 fully saturated rings. The zero-order chi connectivity index (χ0) is 19.6. The van der Waals surface area contributed by atoms with E-state index in [1.807, 2.05) is 66.8 Å². The lowest BCUT2D eigenvalue weighted by atomic mass is 10.0. The van der Waals surface area contributed by atoms with Crippen molar-refractivity contribution in [2.45, 2.75) is 6.42 Å². The number of aliphatic carboxylic acids is 1. The molecule has 1 N–H and O–H groups in total. The van der Waals surface area contributed by atoms with Crippen LogP contribution in [0, 0.1) is 0 Å². The second-order valence-electron chi connectivity index (χ2n) is 5.99. The van der Waals surface area contributed by atoms with Gasteiger partial charge in [-0.1, -0.05) is 85.1 Å². The number of carbonyl (C=O) groups is 1. The summed E-state index contributed by atoms with van der Waals surface area (Å²) in [6, 6.07) is 0. The van der Waals surface area contributed by atoms with Crippen molar-refractivity contribution < 1.29 is 9.90 Å². The van der Waals surface area contributed by atoms with Gasteiger partial charge in [0, 0.05) is 12.0 Å². The van der Waals surface area contributed by atoms with Crippen molar-refractivity contribution in [2.75, 3.05) is 0 Å². The van der Waals surface area contributed by atoms with Gasteiger partial charge in [0.25, 0.3) is 0 Å². The molecule has 0 radical (unpaired) electrons. The van der Waals surface area contributed by atoms with Crippen molar-refractivity contribution in [1.29, 1.82) is 0 Å². The maximum atomic E-state index is 11.7. The van der Waals surface area contributed by atoms with Crippen LogP contribution >= 0.6 is 0 Å². The van der Waals surface area contributed by atoms with E-state index in [4.69, 9.17) is 0 Å². The van der Waals surface area contributed by atoms with Crippen LogP contribution < -0.4 is 0 Å². The first-order valence-electron chi connectivity index (χ1n) is 8.93. The van der Waals surface area contributed by atoms with Crippen LogP contribution in [0.2, 0.25) is 0 Å². The summed E-state index contributed by atoms with van der Waals surface area (Å²) in [6.07, 6.45) is 32.1. The standard InChI is InChI=1S/C24H20N2O2/c27-24(28)20-14-12-10-8-6-4-2-1-3-5-7-9-11-13-19-15-16-21-23(19)22(17-20)26-18-25-21/h1-15,17-18H,16H2,(H,27,28)/b2-1-,5-3-,6-4-,9-7-,10-8-,13-11-,14-12-,20-17+. The van der Waals surface area contributed by atoms with E-state index < -0.39 is 5.97 Å². The van der Waals surface area contributed by atoms with Crippen LogP contribution in [0.5, 0.6) is 0 Å². The summed E-state index contributed by atoms with van der Waals surface area (Å²) in [5.74, 6) is -1.01. The summed E-state index contributed by atoms with van der Waals surface area (Å²) in [5, 5.41) is 9.55. The number of carboxylic acids is 1. The summed E-state index contributed by atoms with van der Waals surface area (Å²) in [4.78, 5) is 20.3. The van der Waals surface area contributed by atoms with Gasteiger partial charge in [0.15, 0.2) is 0 Å². The molecule has 0 saturated heterocycles. The summed E-state index contributed by atoms with van der Waals surface area (Å²) < 4.78 is 0. The monoisotopic (exact) mass is 368 g/mol. The predicted molar refractivity (Wildman–Crippen MR) is 113 cm³/mol. The number of nitrogens with zero attached hydrogens (tertiary/aromatic N) is 2. The molecule has 0 unspecified atom stereocenters. The smallest absolute Gasteiger partial charge is 0.335 e. The Labute approximate surface area is 164 Å². The zero-order valence-corrected chi connectivity index (χ0v) is 15.3. The summed E-state index contributed by atoms with van der Waals surface area (Å²) in [6.45, 7) is 0. The van der Waals surface area contributed by atoms with Crippen LogP contribution in [-0.4, -0.2) is 21.0 Å². The molecule has 0 saturated carbocycles. The van der Waals surface area contributed by atoms with Crippen LogP contribution in [-0.2, 0) is 11.2 Å². The number of carboxylic acid groups (broad SMARTS) is 1. The Morgan fingerprint density at radius 2 is 1.36 bits per heavy atom. The Hall–Kier alpha value is -3.79. The third-order valence-corrected chi connectivity index (χ3v) is 4.07. The normalized spacial score (nSPS) is 26.0. The van der Waals surface area contributed by atoms with E-state index in [0.717, 1.165) is 16.8 Å². The van der Waals surface area contributed by atoms with Gasteiger partial charge in [-0.2, -0.15) is 0 Å². The summed E-state index contributed by atoms with van der Waals surface area (Å²) >= 11 is 0. The van der Waals surface area contributed by atoms with E-state index in [9.17, 15) is 9.90 Å². The quantitative estimate of drug-likeness (QED) is 0.774. The fourth-order valence-electron chi connectivity index (χ4n) is 2.76. The van der Waals surface area contributed by atoms with Crippen molar-refractivity contribution in [3.05, 3.63) is 120 Å². The van der Waals surface area contributed by atoms with Crippen molar-refractivity contribution in [1.82, 2.24) is 9.97 Å². The highest BCUT2D eigenvalue weighted by Gasteiger charge is 2.18. The van der Waals surface area contributed by atoms with Gasteiger partial charge < -0.3 is 5.11 Å². The molecule has 2 aliphatic rings. The van der Waals surface area contributed by atoms with Crippen LogP contribution in [0.15, 0.2) is 103 Å². The fourth-order valence-corrected chi connectivity index (χ4v) is 2.76. The molecule has 28 heavy (non-hydrogen) atoms. The molecule has 0 aromatic carbocycles. The van der Waals surface area contributed by atoms with Crippen LogP contribution in [0.25, 0.3) is 11.6 Å². The highest BCUT2D eigenvalue weighted by atomic mass is 16.4. The Kier molecular flexibility index (Phi) is 6.63. The third-order valence-electron chi connectivity index (χ3n) is 4.07. The molecular formula is C24H20N2O2. The highest BCUT2D eigenvalue weighted by Crippen LogP contribution is 2.30. The first kappa shape index (κ1) is 19.0. The SMILES string of the molecule is O=C(O)C1=C\c2ncnc3c2C(=CC3)\C=C/C=C\C=C/C=C\C=C/C=C\C=C/1. The van der Waals surface area contributed by atoms with Crippen LogP contribution in [0.4, 0.5) is 0 Å². The second-order valence-corrected chi connectivity index (χ2v) is 5.99. The van der Waals surface area contributed by atoms with Crippen molar-refractivity contribution >= 4 is 17.6 Å². The van der Waals surface area contributed by atoms with Crippen LogP contribution in [0.1, 0.15) is 17.0 Å². The van der Waals surface area contributed by atoms with E-state index in [0.29, 0.717) is 12.1 Å². The summed E-state index contributed by atoms with van der Waals surface area (Å²) in [5.41, 5.74) is 3.54. The fraction of sp³-hybridized carbons (Fsp3) is 0.0417. The Bertz CT molecular complexity index is 1010. The lowest BCUT2D eigenvalue weighted by Crippen LogP contribution is -2.01. The topological polar surface area (TPSA) is 63.1 Å². The average Bonchev–Trinajstić information content (AvgIpc) is 3.10. The minimum Gasteiger partial charge on any atom is -0.478 e. The molecule has 1 aromatic rings. The number of hydrogen-bond donors (Lipinski definition) is 1. The third kappa shape index (κ3) is 5.11. The molecular weight excluding hydrogens is 348 g/mol. The minimum atomic E-state index is -1.01. The maximum absolute atomic E-state index is 11.7. The molecule has 1 heterocycles. The Balaban J connectivity index is 2.04. The van der Waals surface area contributed by atoms with Gasteiger partial charge in [-0.25, -0.2) is 14.8 Å². The first-order valence-corrected chi connectivity index (χ1v) is 8.93. The molecule has 2 aliphatic carbocycles. The number of hydrogen-bond acceptors (Lipinski definition) is 3. The minimum absolute atomic E-state index is 0.159.